The maximum absolute atomic E-state index is 5.46. The van der Waals surface area contributed by atoms with Crippen molar-refractivity contribution in [3.63, 3.8) is 0 Å². The lowest BCUT2D eigenvalue weighted by Crippen LogP contribution is -2.04. The highest BCUT2D eigenvalue weighted by Crippen LogP contribution is 2.15. The number of hydrogen-bond acceptors (Lipinski definition) is 2. The van der Waals surface area contributed by atoms with Gasteiger partial charge in [-0.1, -0.05) is 31.5 Å². The third-order valence-electron chi connectivity index (χ3n) is 2.03. The molecule has 0 saturated heterocycles. The van der Waals surface area contributed by atoms with E-state index in [-0.39, 0.29) is 0 Å². The van der Waals surface area contributed by atoms with Gasteiger partial charge in [-0.2, -0.15) is 0 Å². The smallest absolute Gasteiger partial charge is 0.189 e. The Bertz CT molecular complexity index is 258. The molecule has 1 rings (SSSR count). The molecule has 0 spiro atoms. The second-order valence-electron chi connectivity index (χ2n) is 3.29. The molecule has 0 aromatic heterocycles. The monoisotopic (exact) mass is 194 g/mol. The van der Waals surface area contributed by atoms with Crippen molar-refractivity contribution in [2.45, 2.75) is 26.7 Å². The Morgan fingerprint density at radius 3 is 2.71 bits per heavy atom. The Hall–Kier alpha value is -1.02. The molecule has 0 heterocycles. The van der Waals surface area contributed by atoms with Gasteiger partial charge in [-0.05, 0) is 25.0 Å². The quantitative estimate of drug-likeness (QED) is 0.511. The molecule has 0 fully saturated rings. The van der Waals surface area contributed by atoms with E-state index in [4.69, 9.17) is 9.47 Å². The van der Waals surface area contributed by atoms with Crippen molar-refractivity contribution < 1.29 is 9.47 Å². The van der Waals surface area contributed by atoms with Crippen LogP contribution in [0.25, 0.3) is 0 Å². The molecule has 1 aromatic carbocycles. The Labute approximate surface area is 85.8 Å². The van der Waals surface area contributed by atoms with E-state index in [1.807, 2.05) is 31.2 Å². The molecule has 0 aliphatic heterocycles. The van der Waals surface area contributed by atoms with Gasteiger partial charge in [-0.15, -0.1) is 0 Å². The summed E-state index contributed by atoms with van der Waals surface area (Å²) >= 11 is 0. The molecule has 0 N–H and O–H groups in total. The molecule has 0 amide bonds. The summed E-state index contributed by atoms with van der Waals surface area (Å²) in [5.74, 6) is 0.906. The van der Waals surface area contributed by atoms with Crippen molar-refractivity contribution in [1.29, 1.82) is 0 Å². The van der Waals surface area contributed by atoms with E-state index in [0.717, 1.165) is 30.8 Å². The number of aryl methyl sites for hydroxylation is 1. The maximum Gasteiger partial charge on any atom is 0.189 e. The van der Waals surface area contributed by atoms with Gasteiger partial charge in [0, 0.05) is 0 Å². The highest BCUT2D eigenvalue weighted by atomic mass is 16.7. The van der Waals surface area contributed by atoms with Crippen LogP contribution >= 0.6 is 0 Å². The van der Waals surface area contributed by atoms with Crippen LogP contribution in [0, 0.1) is 6.92 Å². The second kappa shape index (κ2) is 6.44. The molecule has 0 unspecified atom stereocenters. The van der Waals surface area contributed by atoms with E-state index in [2.05, 4.69) is 6.92 Å². The van der Waals surface area contributed by atoms with Crippen molar-refractivity contribution in [2.24, 2.45) is 0 Å². The summed E-state index contributed by atoms with van der Waals surface area (Å²) in [6, 6.07) is 7.95. The van der Waals surface area contributed by atoms with Crippen molar-refractivity contribution in [2.75, 3.05) is 13.4 Å². The minimum atomic E-state index is 0.352. The fraction of sp³-hybridized carbons (Fsp3) is 0.500. The fourth-order valence-corrected chi connectivity index (χ4v) is 1.13. The first-order valence-corrected chi connectivity index (χ1v) is 5.10. The second-order valence-corrected chi connectivity index (χ2v) is 3.29. The van der Waals surface area contributed by atoms with Gasteiger partial charge in [0.2, 0.25) is 0 Å². The average Bonchev–Trinajstić information content (AvgIpc) is 2.20. The van der Waals surface area contributed by atoms with E-state index in [0.29, 0.717) is 6.79 Å². The molecule has 0 radical (unpaired) electrons. The van der Waals surface area contributed by atoms with Gasteiger partial charge in [0.25, 0.3) is 0 Å². The fourth-order valence-electron chi connectivity index (χ4n) is 1.13. The van der Waals surface area contributed by atoms with Crippen molar-refractivity contribution in [1.82, 2.24) is 0 Å². The first-order chi connectivity index (χ1) is 6.84. The third-order valence-corrected chi connectivity index (χ3v) is 2.03. The molecule has 14 heavy (non-hydrogen) atoms. The maximum atomic E-state index is 5.46. The normalized spacial score (nSPS) is 10.1. The summed E-state index contributed by atoms with van der Waals surface area (Å²) in [5.41, 5.74) is 1.14. The molecule has 0 saturated carbocycles. The molecular formula is C12H18O2. The predicted molar refractivity (Wildman–Crippen MR) is 57.5 cm³/mol. The number of unbranched alkanes of at least 4 members (excludes halogenated alkanes) is 1. The van der Waals surface area contributed by atoms with E-state index in [1.165, 1.54) is 0 Å². The molecule has 0 aliphatic rings. The Morgan fingerprint density at radius 2 is 2.00 bits per heavy atom. The number of ether oxygens (including phenoxy) is 2. The minimum Gasteiger partial charge on any atom is -0.467 e. The van der Waals surface area contributed by atoms with Crippen molar-refractivity contribution >= 4 is 0 Å². The van der Waals surface area contributed by atoms with Crippen LogP contribution in [0.4, 0.5) is 0 Å². The zero-order valence-corrected chi connectivity index (χ0v) is 8.95. The van der Waals surface area contributed by atoms with Gasteiger partial charge >= 0.3 is 0 Å². The van der Waals surface area contributed by atoms with Gasteiger partial charge in [0.05, 0.1) is 6.61 Å². The Kier molecular flexibility index (Phi) is 5.08. The summed E-state index contributed by atoms with van der Waals surface area (Å²) in [5, 5.41) is 0. The highest BCUT2D eigenvalue weighted by Gasteiger charge is 1.96. The summed E-state index contributed by atoms with van der Waals surface area (Å²) in [6.07, 6.45) is 2.25. The molecule has 0 bridgehead atoms. The third kappa shape index (κ3) is 3.79. The zero-order valence-electron chi connectivity index (χ0n) is 8.95. The number of hydrogen-bond donors (Lipinski definition) is 0. The van der Waals surface area contributed by atoms with Gasteiger partial charge in [0.1, 0.15) is 5.75 Å². The number of rotatable bonds is 6. The topological polar surface area (TPSA) is 18.5 Å². The molecule has 2 nitrogen and oxygen atoms in total. The van der Waals surface area contributed by atoms with Crippen LogP contribution in [0.15, 0.2) is 24.3 Å². The van der Waals surface area contributed by atoms with Crippen molar-refractivity contribution in [3.8, 4) is 5.75 Å². The lowest BCUT2D eigenvalue weighted by molar-refractivity contribution is 0.0137. The van der Waals surface area contributed by atoms with E-state index >= 15 is 0 Å². The van der Waals surface area contributed by atoms with Gasteiger partial charge in [-0.25, -0.2) is 0 Å². The number of benzene rings is 1. The van der Waals surface area contributed by atoms with Gasteiger partial charge in [-0.3, -0.25) is 0 Å². The zero-order chi connectivity index (χ0) is 10.2. The van der Waals surface area contributed by atoms with Crippen LogP contribution in [0.2, 0.25) is 0 Å². The largest absolute Gasteiger partial charge is 0.467 e. The molecule has 78 valence electrons. The molecule has 2 heteroatoms. The van der Waals surface area contributed by atoms with Crippen LogP contribution in [0.5, 0.6) is 5.75 Å². The van der Waals surface area contributed by atoms with Crippen LogP contribution < -0.4 is 4.74 Å². The Balaban J connectivity index is 2.21. The number of para-hydroxylation sites is 1. The SMILES string of the molecule is CCCCOCOc1ccccc1C. The molecular weight excluding hydrogens is 176 g/mol. The van der Waals surface area contributed by atoms with E-state index < -0.39 is 0 Å². The predicted octanol–water partition coefficient (Wildman–Crippen LogP) is 3.15. The molecule has 0 atom stereocenters. The van der Waals surface area contributed by atoms with Crippen LogP contribution in [-0.4, -0.2) is 13.4 Å². The van der Waals surface area contributed by atoms with E-state index in [9.17, 15) is 0 Å². The van der Waals surface area contributed by atoms with Crippen LogP contribution in [-0.2, 0) is 4.74 Å². The molecule has 0 aliphatic carbocycles. The summed E-state index contributed by atoms with van der Waals surface area (Å²) < 4.78 is 10.8. The molecule has 1 aromatic rings. The lowest BCUT2D eigenvalue weighted by atomic mass is 10.2. The average molecular weight is 194 g/mol. The first kappa shape index (κ1) is 11.1. The standard InChI is InChI=1S/C12H18O2/c1-3-4-9-13-10-14-12-8-6-5-7-11(12)2/h5-8H,3-4,9-10H2,1-2H3. The Morgan fingerprint density at radius 1 is 1.21 bits per heavy atom. The lowest BCUT2D eigenvalue weighted by Gasteiger charge is -2.08. The summed E-state index contributed by atoms with van der Waals surface area (Å²) in [6.45, 7) is 5.31. The van der Waals surface area contributed by atoms with Gasteiger partial charge < -0.3 is 9.47 Å². The van der Waals surface area contributed by atoms with Crippen molar-refractivity contribution in [3.05, 3.63) is 29.8 Å². The highest BCUT2D eigenvalue weighted by molar-refractivity contribution is 5.31. The van der Waals surface area contributed by atoms with Gasteiger partial charge in [0.15, 0.2) is 6.79 Å². The van der Waals surface area contributed by atoms with Crippen LogP contribution in [0.3, 0.4) is 0 Å². The summed E-state index contributed by atoms with van der Waals surface area (Å²) in [4.78, 5) is 0. The summed E-state index contributed by atoms with van der Waals surface area (Å²) in [7, 11) is 0. The first-order valence-electron chi connectivity index (χ1n) is 5.10. The minimum absolute atomic E-state index is 0.352. The van der Waals surface area contributed by atoms with Crippen LogP contribution in [0.1, 0.15) is 25.3 Å². The van der Waals surface area contributed by atoms with E-state index in [1.54, 1.807) is 0 Å².